The van der Waals surface area contributed by atoms with Gasteiger partial charge in [0.1, 0.15) is 23.2 Å². The van der Waals surface area contributed by atoms with Crippen molar-refractivity contribution in [2.45, 2.75) is 13.5 Å². The number of hydrogen-bond donors (Lipinski definition) is 4. The van der Waals surface area contributed by atoms with Crippen molar-refractivity contribution in [3.8, 4) is 0 Å². The first-order chi connectivity index (χ1) is 9.99. The van der Waals surface area contributed by atoms with E-state index in [-0.39, 0.29) is 23.9 Å². The number of benzene rings is 1. The van der Waals surface area contributed by atoms with E-state index in [2.05, 4.69) is 10.3 Å². The topological polar surface area (TPSA) is 98.6 Å². The van der Waals surface area contributed by atoms with E-state index in [4.69, 9.17) is 16.6 Å². The molecule has 1 aromatic carbocycles. The summed E-state index contributed by atoms with van der Waals surface area (Å²) in [6.07, 6.45) is 1.64. The van der Waals surface area contributed by atoms with Gasteiger partial charge in [0.15, 0.2) is 0 Å². The van der Waals surface area contributed by atoms with Crippen LogP contribution in [0.1, 0.15) is 16.7 Å². The molecule has 0 aliphatic rings. The number of nitrogens with zero attached hydrogens (tertiary/aromatic N) is 1. The highest BCUT2D eigenvalue weighted by molar-refractivity contribution is 6.45. The van der Waals surface area contributed by atoms with Crippen molar-refractivity contribution in [3.05, 3.63) is 59.0 Å². The first kappa shape index (κ1) is 14.6. The van der Waals surface area contributed by atoms with Gasteiger partial charge in [-0.25, -0.2) is 9.37 Å². The number of amidine groups is 1. The van der Waals surface area contributed by atoms with Gasteiger partial charge in [0, 0.05) is 23.9 Å². The number of pyridine rings is 1. The minimum Gasteiger partial charge on any atom is -0.382 e. The molecule has 0 saturated carbocycles. The summed E-state index contributed by atoms with van der Waals surface area (Å²) in [5.41, 5.74) is 7.04. The van der Waals surface area contributed by atoms with E-state index < -0.39 is 0 Å². The van der Waals surface area contributed by atoms with Crippen LogP contribution in [0.3, 0.4) is 0 Å². The molecule has 0 atom stereocenters. The highest BCUT2D eigenvalue weighted by Gasteiger charge is 2.12. The Labute approximate surface area is 122 Å². The van der Waals surface area contributed by atoms with Crippen LogP contribution in [0.2, 0.25) is 0 Å². The highest BCUT2D eigenvalue weighted by Crippen LogP contribution is 2.16. The Morgan fingerprint density at radius 1 is 1.33 bits per heavy atom. The second kappa shape index (κ2) is 6.13. The van der Waals surface area contributed by atoms with Crippen molar-refractivity contribution in [2.24, 2.45) is 5.73 Å². The maximum atomic E-state index is 13.6. The maximum Gasteiger partial charge on any atom is 0.141 e. The van der Waals surface area contributed by atoms with Crippen molar-refractivity contribution in [2.75, 3.05) is 5.32 Å². The number of nitrogens with one attached hydrogen (secondary N) is 3. The van der Waals surface area contributed by atoms with Crippen molar-refractivity contribution >= 4 is 17.4 Å². The number of rotatable bonds is 5. The zero-order valence-corrected chi connectivity index (χ0v) is 11.6. The summed E-state index contributed by atoms with van der Waals surface area (Å²) in [4.78, 5) is 4.20. The first-order valence-corrected chi connectivity index (χ1v) is 6.36. The fourth-order valence-corrected chi connectivity index (χ4v) is 1.87. The van der Waals surface area contributed by atoms with E-state index in [1.165, 1.54) is 6.07 Å². The average Bonchev–Trinajstić information content (AvgIpc) is 2.46. The lowest BCUT2D eigenvalue weighted by Crippen LogP contribution is -2.24. The molecule has 0 amide bonds. The van der Waals surface area contributed by atoms with Crippen molar-refractivity contribution < 1.29 is 4.39 Å². The third kappa shape index (κ3) is 3.42. The van der Waals surface area contributed by atoms with E-state index in [1.807, 2.05) is 6.92 Å². The van der Waals surface area contributed by atoms with Gasteiger partial charge in [-0.2, -0.15) is 0 Å². The third-order valence-corrected chi connectivity index (χ3v) is 2.97. The van der Waals surface area contributed by atoms with Crippen LogP contribution in [0, 0.1) is 23.6 Å². The number of anilines is 1. The number of aromatic nitrogens is 1. The van der Waals surface area contributed by atoms with E-state index >= 15 is 0 Å². The minimum absolute atomic E-state index is 0.109. The Balaban J connectivity index is 2.26. The van der Waals surface area contributed by atoms with Gasteiger partial charge in [-0.05, 0) is 24.6 Å². The van der Waals surface area contributed by atoms with Gasteiger partial charge < -0.3 is 11.1 Å². The molecule has 0 spiro atoms. The zero-order valence-electron chi connectivity index (χ0n) is 11.6. The molecule has 5 nitrogen and oxygen atoms in total. The lowest BCUT2D eigenvalue weighted by molar-refractivity contribution is 0.613. The second-order valence-corrected chi connectivity index (χ2v) is 4.64. The van der Waals surface area contributed by atoms with Crippen molar-refractivity contribution in [3.63, 3.8) is 0 Å². The summed E-state index contributed by atoms with van der Waals surface area (Å²) in [5, 5.41) is 18.2. The fraction of sp³-hybridized carbons (Fsp3) is 0.133. The molecule has 1 aromatic heterocycles. The van der Waals surface area contributed by atoms with Gasteiger partial charge in [-0.1, -0.05) is 18.2 Å². The van der Waals surface area contributed by atoms with Crippen LogP contribution < -0.4 is 11.1 Å². The smallest absolute Gasteiger partial charge is 0.141 e. The van der Waals surface area contributed by atoms with Crippen LogP contribution in [0.4, 0.5) is 10.2 Å². The number of hydrogen-bond acceptors (Lipinski definition) is 4. The molecular weight excluding hydrogens is 269 g/mol. The van der Waals surface area contributed by atoms with Crippen molar-refractivity contribution in [1.29, 1.82) is 10.8 Å². The zero-order chi connectivity index (χ0) is 15.4. The summed E-state index contributed by atoms with van der Waals surface area (Å²) in [5.74, 6) is -0.235. The monoisotopic (exact) mass is 285 g/mol. The Bertz CT molecular complexity index is 696. The summed E-state index contributed by atoms with van der Waals surface area (Å²) < 4.78 is 13.6. The van der Waals surface area contributed by atoms with Crippen LogP contribution in [-0.2, 0) is 6.54 Å². The van der Waals surface area contributed by atoms with Gasteiger partial charge in [-0.15, -0.1) is 0 Å². The number of nitrogens with two attached hydrogens (primary N) is 1. The molecule has 2 rings (SSSR count). The molecule has 0 saturated heterocycles. The normalized spacial score (nSPS) is 10.2. The molecule has 1 heterocycles. The first-order valence-electron chi connectivity index (χ1n) is 6.36. The second-order valence-electron chi connectivity index (χ2n) is 4.64. The summed E-state index contributed by atoms with van der Waals surface area (Å²) in [7, 11) is 0. The Morgan fingerprint density at radius 2 is 2.05 bits per heavy atom. The molecule has 0 radical (unpaired) electrons. The average molecular weight is 285 g/mol. The lowest BCUT2D eigenvalue weighted by atomic mass is 10.1. The van der Waals surface area contributed by atoms with Crippen LogP contribution >= 0.6 is 0 Å². The SMILES string of the molecule is Cc1cnc(NCc2ccccc2F)c(C(=N)C(=N)N)c1. The van der Waals surface area contributed by atoms with E-state index in [0.717, 1.165) is 5.56 Å². The summed E-state index contributed by atoms with van der Waals surface area (Å²) in [6.45, 7) is 2.07. The van der Waals surface area contributed by atoms with E-state index in [9.17, 15) is 4.39 Å². The molecule has 0 fully saturated rings. The molecule has 21 heavy (non-hydrogen) atoms. The Morgan fingerprint density at radius 3 is 2.71 bits per heavy atom. The Kier molecular flexibility index (Phi) is 4.27. The largest absolute Gasteiger partial charge is 0.382 e. The standard InChI is InChI=1S/C15H16FN5/c1-9-6-11(13(17)14(18)19)15(20-7-9)21-8-10-4-2-3-5-12(10)16/h2-7,17H,8H2,1H3,(H3,18,19)(H,20,21). The number of halogens is 1. The molecule has 2 aromatic rings. The third-order valence-electron chi connectivity index (χ3n) is 2.97. The fourth-order valence-electron chi connectivity index (χ4n) is 1.87. The van der Waals surface area contributed by atoms with Gasteiger partial charge >= 0.3 is 0 Å². The Hall–Kier alpha value is -2.76. The van der Waals surface area contributed by atoms with Gasteiger partial charge in [0.25, 0.3) is 0 Å². The highest BCUT2D eigenvalue weighted by atomic mass is 19.1. The van der Waals surface area contributed by atoms with Gasteiger partial charge in [-0.3, -0.25) is 10.8 Å². The van der Waals surface area contributed by atoms with Crippen LogP contribution in [0.5, 0.6) is 0 Å². The van der Waals surface area contributed by atoms with E-state index in [0.29, 0.717) is 16.9 Å². The van der Waals surface area contributed by atoms with Crippen LogP contribution in [0.25, 0.3) is 0 Å². The van der Waals surface area contributed by atoms with E-state index in [1.54, 1.807) is 30.5 Å². The summed E-state index contributed by atoms with van der Waals surface area (Å²) >= 11 is 0. The number of aryl methyl sites for hydroxylation is 1. The molecule has 0 aliphatic heterocycles. The predicted octanol–water partition coefficient (Wildman–Crippen LogP) is 2.45. The van der Waals surface area contributed by atoms with Gasteiger partial charge in [0.2, 0.25) is 0 Å². The molecule has 5 N–H and O–H groups in total. The maximum absolute atomic E-state index is 13.6. The predicted molar refractivity (Wildman–Crippen MR) is 81.4 cm³/mol. The van der Waals surface area contributed by atoms with Crippen LogP contribution in [-0.4, -0.2) is 16.5 Å². The summed E-state index contributed by atoms with van der Waals surface area (Å²) in [6, 6.07) is 8.16. The molecule has 0 unspecified atom stereocenters. The minimum atomic E-state index is -0.337. The van der Waals surface area contributed by atoms with Gasteiger partial charge in [0.05, 0.1) is 0 Å². The molecule has 108 valence electrons. The van der Waals surface area contributed by atoms with Crippen LogP contribution in [0.15, 0.2) is 36.5 Å². The molecule has 6 heteroatoms. The van der Waals surface area contributed by atoms with Crippen molar-refractivity contribution in [1.82, 2.24) is 4.98 Å². The molecular formula is C15H16FN5. The molecule has 0 aliphatic carbocycles. The quantitative estimate of drug-likeness (QED) is 0.501. The molecule has 0 bridgehead atoms. The lowest BCUT2D eigenvalue weighted by Gasteiger charge is -2.12.